The van der Waals surface area contributed by atoms with E-state index < -0.39 is 0 Å². The van der Waals surface area contributed by atoms with Gasteiger partial charge in [-0.05, 0) is 17.9 Å². The average molecular weight is 241 g/mol. The van der Waals surface area contributed by atoms with E-state index in [9.17, 15) is 9.59 Å². The maximum Gasteiger partial charge on any atom is 0.307 e. The van der Waals surface area contributed by atoms with Crippen molar-refractivity contribution in [3.05, 3.63) is 22.4 Å². The summed E-state index contributed by atoms with van der Waals surface area (Å²) in [7, 11) is 0. The molecule has 0 saturated carbocycles. The van der Waals surface area contributed by atoms with Gasteiger partial charge >= 0.3 is 5.97 Å². The highest BCUT2D eigenvalue weighted by atomic mass is 32.1. The smallest absolute Gasteiger partial charge is 0.307 e. The van der Waals surface area contributed by atoms with E-state index in [1.807, 2.05) is 12.3 Å². The molecule has 4 nitrogen and oxygen atoms in total. The van der Waals surface area contributed by atoms with Gasteiger partial charge in [-0.2, -0.15) is 11.3 Å². The lowest BCUT2D eigenvalue weighted by molar-refractivity contribution is -0.143. The molecule has 88 valence electrons. The Bertz CT molecular complexity index is 335. The van der Waals surface area contributed by atoms with Gasteiger partial charge in [-0.1, -0.05) is 6.92 Å². The van der Waals surface area contributed by atoms with E-state index in [0.29, 0.717) is 18.7 Å². The molecule has 0 aliphatic rings. The zero-order valence-corrected chi connectivity index (χ0v) is 10.0. The van der Waals surface area contributed by atoms with Gasteiger partial charge in [0, 0.05) is 17.5 Å². The second-order valence-electron chi connectivity index (χ2n) is 3.24. The first-order valence-corrected chi connectivity index (χ1v) is 6.14. The number of carbonyl (C=O) groups is 2. The van der Waals surface area contributed by atoms with Crippen LogP contribution in [0.3, 0.4) is 0 Å². The molecule has 0 aliphatic carbocycles. The molecule has 0 aliphatic heterocycles. The van der Waals surface area contributed by atoms with Gasteiger partial charge in [0.05, 0.1) is 13.0 Å². The zero-order chi connectivity index (χ0) is 11.8. The van der Waals surface area contributed by atoms with Gasteiger partial charge < -0.3 is 10.1 Å². The molecule has 0 bridgehead atoms. The van der Waals surface area contributed by atoms with Crippen molar-refractivity contribution in [1.29, 1.82) is 0 Å². The number of amides is 1. The van der Waals surface area contributed by atoms with Crippen LogP contribution in [0.15, 0.2) is 16.8 Å². The summed E-state index contributed by atoms with van der Waals surface area (Å²) in [5.41, 5.74) is 0.631. The van der Waals surface area contributed by atoms with E-state index in [1.165, 1.54) is 11.3 Å². The van der Waals surface area contributed by atoms with Crippen LogP contribution in [0, 0.1) is 0 Å². The maximum atomic E-state index is 11.4. The number of esters is 1. The van der Waals surface area contributed by atoms with E-state index in [4.69, 9.17) is 4.74 Å². The van der Waals surface area contributed by atoms with E-state index in [0.717, 1.165) is 6.42 Å². The first-order valence-electron chi connectivity index (χ1n) is 5.20. The van der Waals surface area contributed by atoms with Crippen LogP contribution in [0.5, 0.6) is 0 Å². The zero-order valence-electron chi connectivity index (χ0n) is 9.19. The molecular weight excluding hydrogens is 226 g/mol. The highest BCUT2D eigenvalue weighted by Crippen LogP contribution is 2.05. The standard InChI is InChI=1S/C11H15NO3S/c1-2-6-15-10(13)3-5-12-11(14)9-4-7-16-8-9/h4,7-8H,2-3,5-6H2,1H3,(H,12,14). The van der Waals surface area contributed by atoms with Crippen LogP contribution in [0.2, 0.25) is 0 Å². The van der Waals surface area contributed by atoms with Gasteiger partial charge in [0.2, 0.25) is 0 Å². The van der Waals surface area contributed by atoms with Crippen LogP contribution < -0.4 is 5.32 Å². The number of ether oxygens (including phenoxy) is 1. The van der Waals surface area contributed by atoms with Crippen molar-refractivity contribution >= 4 is 23.2 Å². The Morgan fingerprint density at radius 1 is 1.50 bits per heavy atom. The van der Waals surface area contributed by atoms with Gasteiger partial charge in [0.1, 0.15) is 0 Å². The third kappa shape index (κ3) is 4.44. The predicted molar refractivity (Wildman–Crippen MR) is 62.5 cm³/mol. The number of hydrogen-bond donors (Lipinski definition) is 1. The van der Waals surface area contributed by atoms with Crippen molar-refractivity contribution < 1.29 is 14.3 Å². The molecule has 1 aromatic rings. The van der Waals surface area contributed by atoms with Crippen molar-refractivity contribution in [2.75, 3.05) is 13.2 Å². The summed E-state index contributed by atoms with van der Waals surface area (Å²) in [5.74, 6) is -0.419. The summed E-state index contributed by atoms with van der Waals surface area (Å²) in [6, 6.07) is 1.75. The Kier molecular flexibility index (Phi) is 5.56. The highest BCUT2D eigenvalue weighted by molar-refractivity contribution is 7.08. The van der Waals surface area contributed by atoms with Crippen molar-refractivity contribution in [2.45, 2.75) is 19.8 Å². The van der Waals surface area contributed by atoms with Crippen LogP contribution in [-0.4, -0.2) is 25.0 Å². The molecule has 1 heterocycles. The first kappa shape index (κ1) is 12.7. The number of rotatable bonds is 6. The largest absolute Gasteiger partial charge is 0.466 e. The lowest BCUT2D eigenvalue weighted by Crippen LogP contribution is -2.26. The SMILES string of the molecule is CCCOC(=O)CCNC(=O)c1ccsc1. The lowest BCUT2D eigenvalue weighted by Gasteiger charge is -2.04. The average Bonchev–Trinajstić information content (AvgIpc) is 2.79. The lowest BCUT2D eigenvalue weighted by atomic mass is 10.3. The minimum atomic E-state index is -0.271. The van der Waals surface area contributed by atoms with Crippen LogP contribution in [-0.2, 0) is 9.53 Å². The number of carbonyl (C=O) groups excluding carboxylic acids is 2. The van der Waals surface area contributed by atoms with Crippen molar-refractivity contribution in [2.24, 2.45) is 0 Å². The second-order valence-corrected chi connectivity index (χ2v) is 4.02. The van der Waals surface area contributed by atoms with Gasteiger partial charge in [-0.15, -0.1) is 0 Å². The van der Waals surface area contributed by atoms with Crippen LogP contribution in [0.1, 0.15) is 30.1 Å². The third-order valence-corrected chi connectivity index (χ3v) is 2.55. The monoisotopic (exact) mass is 241 g/mol. The highest BCUT2D eigenvalue weighted by Gasteiger charge is 2.06. The Hall–Kier alpha value is -1.36. The summed E-state index contributed by atoms with van der Waals surface area (Å²) < 4.78 is 4.88. The molecule has 5 heteroatoms. The Morgan fingerprint density at radius 2 is 2.31 bits per heavy atom. The predicted octanol–water partition coefficient (Wildman–Crippen LogP) is 1.82. The Morgan fingerprint density at radius 3 is 2.94 bits per heavy atom. The number of thiophene rings is 1. The van der Waals surface area contributed by atoms with Gasteiger partial charge in [-0.3, -0.25) is 9.59 Å². The minimum absolute atomic E-state index is 0.149. The molecule has 0 atom stereocenters. The normalized spacial score (nSPS) is 9.81. The third-order valence-electron chi connectivity index (χ3n) is 1.87. The fraction of sp³-hybridized carbons (Fsp3) is 0.455. The molecule has 1 N–H and O–H groups in total. The van der Waals surface area contributed by atoms with Crippen LogP contribution >= 0.6 is 11.3 Å². The van der Waals surface area contributed by atoms with E-state index >= 15 is 0 Å². The molecule has 0 spiro atoms. The fourth-order valence-corrected chi connectivity index (χ4v) is 1.70. The van der Waals surface area contributed by atoms with Gasteiger partial charge in [0.25, 0.3) is 5.91 Å². The molecule has 0 aromatic carbocycles. The molecule has 0 saturated heterocycles. The van der Waals surface area contributed by atoms with Crippen LogP contribution in [0.25, 0.3) is 0 Å². The second kappa shape index (κ2) is 7.00. The summed E-state index contributed by atoms with van der Waals surface area (Å²) in [4.78, 5) is 22.5. The Labute approximate surface area is 98.6 Å². The van der Waals surface area contributed by atoms with E-state index in [1.54, 1.807) is 11.4 Å². The van der Waals surface area contributed by atoms with Crippen molar-refractivity contribution in [3.63, 3.8) is 0 Å². The van der Waals surface area contributed by atoms with Crippen LogP contribution in [0.4, 0.5) is 0 Å². The minimum Gasteiger partial charge on any atom is -0.466 e. The van der Waals surface area contributed by atoms with Crippen molar-refractivity contribution in [1.82, 2.24) is 5.32 Å². The summed E-state index contributed by atoms with van der Waals surface area (Å²) >= 11 is 1.47. The first-order chi connectivity index (χ1) is 7.74. The summed E-state index contributed by atoms with van der Waals surface area (Å²) in [6.45, 7) is 2.69. The summed E-state index contributed by atoms with van der Waals surface area (Å²) in [6.07, 6.45) is 1.03. The maximum absolute atomic E-state index is 11.4. The fourth-order valence-electron chi connectivity index (χ4n) is 1.06. The molecule has 1 amide bonds. The number of hydrogen-bond acceptors (Lipinski definition) is 4. The van der Waals surface area contributed by atoms with Crippen molar-refractivity contribution in [3.8, 4) is 0 Å². The molecule has 0 unspecified atom stereocenters. The molecule has 1 rings (SSSR count). The van der Waals surface area contributed by atoms with Gasteiger partial charge in [0.15, 0.2) is 0 Å². The molecule has 16 heavy (non-hydrogen) atoms. The van der Waals surface area contributed by atoms with Gasteiger partial charge in [-0.25, -0.2) is 0 Å². The van der Waals surface area contributed by atoms with E-state index in [2.05, 4.69) is 5.32 Å². The topological polar surface area (TPSA) is 55.4 Å². The molecule has 0 radical (unpaired) electrons. The Balaban J connectivity index is 2.16. The summed E-state index contributed by atoms with van der Waals surface area (Å²) in [5, 5.41) is 6.27. The number of nitrogens with one attached hydrogen (secondary N) is 1. The molecule has 0 fully saturated rings. The molecular formula is C11H15NO3S. The van der Waals surface area contributed by atoms with E-state index in [-0.39, 0.29) is 18.3 Å². The molecule has 1 aromatic heterocycles. The quantitative estimate of drug-likeness (QED) is 0.773.